The number of carbonyl (C=O) groups excluding carboxylic acids is 1. The van der Waals surface area contributed by atoms with Crippen molar-refractivity contribution in [3.63, 3.8) is 0 Å². The van der Waals surface area contributed by atoms with Crippen molar-refractivity contribution in [1.29, 1.82) is 0 Å². The van der Waals surface area contributed by atoms with Gasteiger partial charge in [-0.2, -0.15) is 11.3 Å². The van der Waals surface area contributed by atoms with Crippen LogP contribution in [0, 0.1) is 0 Å². The molecule has 0 aliphatic carbocycles. The first kappa shape index (κ1) is 17.9. The smallest absolute Gasteiger partial charge is 0.260 e. The zero-order valence-corrected chi connectivity index (χ0v) is 15.9. The van der Waals surface area contributed by atoms with Crippen molar-refractivity contribution in [3.8, 4) is 0 Å². The van der Waals surface area contributed by atoms with Gasteiger partial charge in [-0.15, -0.1) is 0 Å². The van der Waals surface area contributed by atoms with E-state index in [0.717, 1.165) is 25.0 Å². The molecular weight excluding hydrogens is 362 g/mol. The Kier molecular flexibility index (Phi) is 5.05. The SMILES string of the molecule is Cn1cnc2cc(C(=O)N(Cc3ccsc3)C[C@H]3CCCO3)ccc2c1=O. The number of aromatic nitrogens is 2. The lowest BCUT2D eigenvalue weighted by Crippen LogP contribution is -2.36. The van der Waals surface area contributed by atoms with Gasteiger partial charge in [0.2, 0.25) is 0 Å². The topological polar surface area (TPSA) is 64.4 Å². The van der Waals surface area contributed by atoms with Gasteiger partial charge in [0, 0.05) is 32.3 Å². The lowest BCUT2D eigenvalue weighted by atomic mass is 10.1. The highest BCUT2D eigenvalue weighted by molar-refractivity contribution is 7.07. The Balaban J connectivity index is 1.64. The fourth-order valence-corrected chi connectivity index (χ4v) is 4.04. The Morgan fingerprint density at radius 2 is 2.30 bits per heavy atom. The van der Waals surface area contributed by atoms with Gasteiger partial charge in [0.15, 0.2) is 0 Å². The highest BCUT2D eigenvalue weighted by atomic mass is 32.1. The summed E-state index contributed by atoms with van der Waals surface area (Å²) in [6.07, 6.45) is 3.57. The van der Waals surface area contributed by atoms with Gasteiger partial charge in [0.05, 0.1) is 23.3 Å². The van der Waals surface area contributed by atoms with Gasteiger partial charge >= 0.3 is 0 Å². The lowest BCUT2D eigenvalue weighted by Gasteiger charge is -2.25. The number of amides is 1. The average molecular weight is 383 g/mol. The number of carbonyl (C=O) groups is 1. The van der Waals surface area contributed by atoms with E-state index in [1.54, 1.807) is 36.6 Å². The first-order valence-corrected chi connectivity index (χ1v) is 9.93. The highest BCUT2D eigenvalue weighted by Crippen LogP contribution is 2.19. The fourth-order valence-electron chi connectivity index (χ4n) is 3.38. The summed E-state index contributed by atoms with van der Waals surface area (Å²) < 4.78 is 7.17. The minimum absolute atomic E-state index is 0.0684. The van der Waals surface area contributed by atoms with Gasteiger partial charge < -0.3 is 14.2 Å². The summed E-state index contributed by atoms with van der Waals surface area (Å²) in [7, 11) is 1.66. The van der Waals surface area contributed by atoms with Crippen LogP contribution in [0.4, 0.5) is 0 Å². The number of ether oxygens (including phenoxy) is 1. The van der Waals surface area contributed by atoms with E-state index in [1.807, 2.05) is 16.3 Å². The molecule has 1 aromatic carbocycles. The monoisotopic (exact) mass is 383 g/mol. The zero-order valence-electron chi connectivity index (χ0n) is 15.1. The molecule has 1 saturated heterocycles. The number of aryl methyl sites for hydroxylation is 1. The van der Waals surface area contributed by atoms with E-state index in [-0.39, 0.29) is 17.6 Å². The van der Waals surface area contributed by atoms with Crippen LogP contribution in [0.3, 0.4) is 0 Å². The maximum Gasteiger partial charge on any atom is 0.260 e. The van der Waals surface area contributed by atoms with Crippen molar-refractivity contribution < 1.29 is 9.53 Å². The van der Waals surface area contributed by atoms with Crippen LogP contribution in [0.2, 0.25) is 0 Å². The largest absolute Gasteiger partial charge is 0.376 e. The first-order valence-electron chi connectivity index (χ1n) is 8.99. The predicted octanol–water partition coefficient (Wildman–Crippen LogP) is 2.82. The molecule has 0 spiro atoms. The van der Waals surface area contributed by atoms with E-state index < -0.39 is 0 Å². The summed E-state index contributed by atoms with van der Waals surface area (Å²) in [6, 6.07) is 7.14. The molecule has 4 rings (SSSR count). The molecule has 6 nitrogen and oxygen atoms in total. The van der Waals surface area contributed by atoms with Gasteiger partial charge in [0.1, 0.15) is 0 Å². The second-order valence-corrected chi connectivity index (χ2v) is 7.62. The molecule has 0 N–H and O–H groups in total. The second kappa shape index (κ2) is 7.62. The van der Waals surface area contributed by atoms with Crippen LogP contribution in [0.25, 0.3) is 10.9 Å². The molecule has 2 aromatic heterocycles. The van der Waals surface area contributed by atoms with E-state index in [4.69, 9.17) is 4.74 Å². The quantitative estimate of drug-likeness (QED) is 0.680. The molecule has 3 heterocycles. The molecule has 7 heteroatoms. The molecule has 0 unspecified atom stereocenters. The third-order valence-electron chi connectivity index (χ3n) is 4.85. The van der Waals surface area contributed by atoms with Crippen LogP contribution in [-0.4, -0.2) is 39.6 Å². The van der Waals surface area contributed by atoms with Crippen LogP contribution in [0.5, 0.6) is 0 Å². The van der Waals surface area contributed by atoms with Crippen molar-refractivity contribution in [3.05, 3.63) is 62.8 Å². The Bertz CT molecular complexity index is 1010. The van der Waals surface area contributed by atoms with Crippen molar-refractivity contribution in [2.75, 3.05) is 13.2 Å². The fraction of sp³-hybridized carbons (Fsp3) is 0.350. The summed E-state index contributed by atoms with van der Waals surface area (Å²) in [5.74, 6) is -0.0684. The number of benzene rings is 1. The summed E-state index contributed by atoms with van der Waals surface area (Å²) in [5.41, 5.74) is 2.07. The minimum atomic E-state index is -0.117. The second-order valence-electron chi connectivity index (χ2n) is 6.84. The predicted molar refractivity (Wildman–Crippen MR) is 105 cm³/mol. The van der Waals surface area contributed by atoms with Crippen LogP contribution in [0.1, 0.15) is 28.8 Å². The summed E-state index contributed by atoms with van der Waals surface area (Å²) in [6.45, 7) is 1.87. The van der Waals surface area contributed by atoms with Gasteiger partial charge in [-0.1, -0.05) is 0 Å². The minimum Gasteiger partial charge on any atom is -0.376 e. The molecule has 0 radical (unpaired) electrons. The number of thiophene rings is 1. The van der Waals surface area contributed by atoms with Crippen molar-refractivity contribution in [1.82, 2.24) is 14.5 Å². The van der Waals surface area contributed by atoms with Crippen LogP contribution >= 0.6 is 11.3 Å². The Morgan fingerprint density at radius 3 is 3.04 bits per heavy atom. The normalized spacial score (nSPS) is 16.7. The van der Waals surface area contributed by atoms with Crippen LogP contribution in [-0.2, 0) is 18.3 Å². The van der Waals surface area contributed by atoms with E-state index >= 15 is 0 Å². The molecule has 1 atom stereocenters. The van der Waals surface area contributed by atoms with Crippen molar-refractivity contribution in [2.45, 2.75) is 25.5 Å². The molecular formula is C20H21N3O3S. The number of hydrogen-bond donors (Lipinski definition) is 0. The Morgan fingerprint density at radius 1 is 1.41 bits per heavy atom. The van der Waals surface area contributed by atoms with Crippen molar-refractivity contribution in [2.24, 2.45) is 7.05 Å². The maximum atomic E-state index is 13.2. The third kappa shape index (κ3) is 3.79. The number of rotatable bonds is 5. The Hall–Kier alpha value is -2.51. The molecule has 1 fully saturated rings. The standard InChI is InChI=1S/C20H21N3O3S/c1-22-13-21-18-9-15(4-5-17(18)20(22)25)19(24)23(10-14-6-8-27-12-14)11-16-3-2-7-26-16/h4-6,8-9,12-13,16H,2-3,7,10-11H2,1H3/t16-/m1/s1. The number of fused-ring (bicyclic) bond motifs is 1. The number of hydrogen-bond acceptors (Lipinski definition) is 5. The molecule has 0 bridgehead atoms. The molecule has 140 valence electrons. The van der Waals surface area contributed by atoms with Crippen LogP contribution in [0.15, 0.2) is 46.1 Å². The summed E-state index contributed by atoms with van der Waals surface area (Å²) in [4.78, 5) is 31.5. The zero-order chi connectivity index (χ0) is 18.8. The van der Waals surface area contributed by atoms with Gasteiger partial charge in [-0.25, -0.2) is 4.98 Å². The van der Waals surface area contributed by atoms with E-state index in [9.17, 15) is 9.59 Å². The van der Waals surface area contributed by atoms with E-state index in [2.05, 4.69) is 10.4 Å². The molecule has 1 amide bonds. The number of nitrogens with zero attached hydrogens (tertiary/aromatic N) is 3. The third-order valence-corrected chi connectivity index (χ3v) is 5.59. The molecule has 1 aliphatic rings. The van der Waals surface area contributed by atoms with Crippen molar-refractivity contribution >= 4 is 28.1 Å². The van der Waals surface area contributed by atoms with E-state index in [1.165, 1.54) is 10.9 Å². The lowest BCUT2D eigenvalue weighted by molar-refractivity contribution is 0.0507. The molecule has 27 heavy (non-hydrogen) atoms. The Labute approximate surface area is 161 Å². The molecule has 3 aromatic rings. The molecule has 1 aliphatic heterocycles. The molecule has 0 saturated carbocycles. The summed E-state index contributed by atoms with van der Waals surface area (Å²) in [5, 5.41) is 4.58. The van der Waals surface area contributed by atoms with E-state index in [0.29, 0.717) is 29.6 Å². The highest BCUT2D eigenvalue weighted by Gasteiger charge is 2.24. The van der Waals surface area contributed by atoms with Gasteiger partial charge in [0.25, 0.3) is 11.5 Å². The maximum absolute atomic E-state index is 13.2. The summed E-state index contributed by atoms with van der Waals surface area (Å²) >= 11 is 1.62. The van der Waals surface area contributed by atoms with Gasteiger partial charge in [-0.3, -0.25) is 9.59 Å². The average Bonchev–Trinajstić information content (AvgIpc) is 3.37. The van der Waals surface area contributed by atoms with Gasteiger partial charge in [-0.05, 0) is 53.4 Å². The van der Waals surface area contributed by atoms with Crippen LogP contribution < -0.4 is 5.56 Å². The first-order chi connectivity index (χ1) is 13.1.